The molecule has 3 N–H and O–H groups in total. The fourth-order valence-corrected chi connectivity index (χ4v) is 1.36. The minimum absolute atomic E-state index is 0. The van der Waals surface area contributed by atoms with Crippen molar-refractivity contribution in [2.75, 3.05) is 0 Å². The van der Waals surface area contributed by atoms with Crippen LogP contribution in [0.4, 0.5) is 4.39 Å². The van der Waals surface area contributed by atoms with E-state index < -0.39 is 11.9 Å². The molecule has 0 unspecified atom stereocenters. The van der Waals surface area contributed by atoms with Gasteiger partial charge >= 0.3 is 0 Å². The molecule has 0 spiro atoms. The van der Waals surface area contributed by atoms with Crippen LogP contribution in [0.2, 0.25) is 5.02 Å². The lowest BCUT2D eigenvalue weighted by Crippen LogP contribution is -2.39. The van der Waals surface area contributed by atoms with Crippen LogP contribution in [0.5, 0.6) is 0 Å². The van der Waals surface area contributed by atoms with E-state index in [2.05, 4.69) is 5.32 Å². The largest absolute Gasteiger partial charge is 0.351 e. The summed E-state index contributed by atoms with van der Waals surface area (Å²) in [6.45, 7) is 2.13. The molecule has 0 saturated heterocycles. The Bertz CT molecular complexity index is 388. The molecule has 3 nitrogen and oxygen atoms in total. The molecule has 0 bridgehead atoms. The molecular formula is C11H15Cl2FN2O. The van der Waals surface area contributed by atoms with Gasteiger partial charge in [-0.1, -0.05) is 24.6 Å². The summed E-state index contributed by atoms with van der Waals surface area (Å²) in [5.74, 6) is -0.690. The fourth-order valence-electron chi connectivity index (χ4n) is 1.16. The van der Waals surface area contributed by atoms with E-state index in [1.807, 2.05) is 6.92 Å². The molecular weight excluding hydrogens is 266 g/mol. The van der Waals surface area contributed by atoms with Gasteiger partial charge < -0.3 is 11.1 Å². The summed E-state index contributed by atoms with van der Waals surface area (Å²) in [6, 6.07) is 3.81. The number of halogens is 3. The minimum atomic E-state index is -0.504. The predicted molar refractivity (Wildman–Crippen MR) is 68.8 cm³/mol. The van der Waals surface area contributed by atoms with Crippen molar-refractivity contribution in [3.8, 4) is 0 Å². The summed E-state index contributed by atoms with van der Waals surface area (Å²) in [7, 11) is 0. The van der Waals surface area contributed by atoms with Crippen LogP contribution >= 0.6 is 24.0 Å². The van der Waals surface area contributed by atoms with E-state index in [1.54, 1.807) is 6.07 Å². The topological polar surface area (TPSA) is 55.1 Å². The van der Waals surface area contributed by atoms with E-state index in [0.717, 1.165) is 5.56 Å². The van der Waals surface area contributed by atoms with Gasteiger partial charge in [0.05, 0.1) is 11.1 Å². The van der Waals surface area contributed by atoms with Crippen molar-refractivity contribution in [1.29, 1.82) is 0 Å². The van der Waals surface area contributed by atoms with Gasteiger partial charge in [-0.2, -0.15) is 0 Å². The lowest BCUT2D eigenvalue weighted by molar-refractivity contribution is -0.122. The quantitative estimate of drug-likeness (QED) is 0.889. The molecule has 1 rings (SSSR count). The van der Waals surface area contributed by atoms with Crippen molar-refractivity contribution >= 4 is 29.9 Å². The summed E-state index contributed by atoms with van der Waals surface area (Å²) in [6.07, 6.45) is 0.579. The molecule has 1 aromatic rings. The van der Waals surface area contributed by atoms with Crippen molar-refractivity contribution in [3.05, 3.63) is 34.6 Å². The predicted octanol–water partition coefficient (Wildman–Crippen LogP) is 2.25. The molecule has 0 aliphatic carbocycles. The number of nitrogens with two attached hydrogens (primary N) is 1. The highest BCUT2D eigenvalue weighted by Crippen LogP contribution is 2.15. The summed E-state index contributed by atoms with van der Waals surface area (Å²) in [5, 5.41) is 2.70. The number of hydrogen-bond acceptors (Lipinski definition) is 2. The van der Waals surface area contributed by atoms with Crippen LogP contribution in [0.25, 0.3) is 0 Å². The third kappa shape index (κ3) is 4.89. The van der Waals surface area contributed by atoms with Crippen molar-refractivity contribution in [1.82, 2.24) is 5.32 Å². The van der Waals surface area contributed by atoms with Gasteiger partial charge in [-0.3, -0.25) is 4.79 Å². The second-order valence-corrected chi connectivity index (χ2v) is 3.89. The van der Waals surface area contributed by atoms with Crippen molar-refractivity contribution in [2.24, 2.45) is 5.73 Å². The smallest absolute Gasteiger partial charge is 0.237 e. The summed E-state index contributed by atoms with van der Waals surface area (Å²) in [4.78, 5) is 11.4. The van der Waals surface area contributed by atoms with Crippen LogP contribution < -0.4 is 11.1 Å². The van der Waals surface area contributed by atoms with Crippen molar-refractivity contribution in [3.63, 3.8) is 0 Å². The number of nitrogens with one attached hydrogen (secondary N) is 1. The zero-order valence-electron chi connectivity index (χ0n) is 9.37. The Kier molecular flexibility index (Phi) is 7.11. The molecule has 0 aromatic heterocycles. The third-order valence-corrected chi connectivity index (χ3v) is 2.52. The van der Waals surface area contributed by atoms with Crippen LogP contribution in [-0.4, -0.2) is 11.9 Å². The Morgan fingerprint density at radius 2 is 2.24 bits per heavy atom. The molecule has 0 aliphatic rings. The number of rotatable bonds is 4. The summed E-state index contributed by atoms with van der Waals surface area (Å²) in [5.41, 5.74) is 6.28. The first-order valence-corrected chi connectivity index (χ1v) is 5.39. The maximum atomic E-state index is 12.8. The molecule has 1 amide bonds. The first kappa shape index (κ1) is 16.2. The van der Waals surface area contributed by atoms with Crippen LogP contribution in [0, 0.1) is 5.82 Å². The molecule has 1 aromatic carbocycles. The Balaban J connectivity index is 0.00000256. The highest BCUT2D eigenvalue weighted by molar-refractivity contribution is 6.30. The van der Waals surface area contributed by atoms with Gasteiger partial charge in [0.1, 0.15) is 5.82 Å². The van der Waals surface area contributed by atoms with Gasteiger partial charge in [0.25, 0.3) is 0 Å². The van der Waals surface area contributed by atoms with Crippen LogP contribution in [0.15, 0.2) is 18.2 Å². The van der Waals surface area contributed by atoms with Gasteiger partial charge in [-0.25, -0.2) is 4.39 Å². The summed E-state index contributed by atoms with van der Waals surface area (Å²) >= 11 is 5.61. The van der Waals surface area contributed by atoms with Gasteiger partial charge in [-0.05, 0) is 24.1 Å². The van der Waals surface area contributed by atoms with E-state index in [9.17, 15) is 9.18 Å². The lowest BCUT2D eigenvalue weighted by atomic mass is 10.2. The van der Waals surface area contributed by atoms with Crippen LogP contribution in [0.1, 0.15) is 18.9 Å². The molecule has 0 saturated carbocycles. The summed E-state index contributed by atoms with van der Waals surface area (Å²) < 4.78 is 12.8. The molecule has 0 heterocycles. The molecule has 1 atom stereocenters. The second-order valence-electron chi connectivity index (χ2n) is 3.48. The van der Waals surface area contributed by atoms with E-state index in [-0.39, 0.29) is 23.3 Å². The highest BCUT2D eigenvalue weighted by Gasteiger charge is 2.10. The third-order valence-electron chi connectivity index (χ3n) is 2.23. The van der Waals surface area contributed by atoms with Crippen LogP contribution in [0.3, 0.4) is 0 Å². The molecule has 6 heteroatoms. The normalized spacial score (nSPS) is 11.5. The number of hydrogen-bond donors (Lipinski definition) is 2. The first-order valence-electron chi connectivity index (χ1n) is 5.01. The number of carbonyl (C=O) groups excluding carboxylic acids is 1. The average molecular weight is 281 g/mol. The van der Waals surface area contributed by atoms with E-state index >= 15 is 0 Å². The van der Waals surface area contributed by atoms with Crippen molar-refractivity contribution < 1.29 is 9.18 Å². The molecule has 0 aliphatic heterocycles. The van der Waals surface area contributed by atoms with Crippen molar-refractivity contribution in [2.45, 2.75) is 25.9 Å². The van der Waals surface area contributed by atoms with E-state index in [0.29, 0.717) is 13.0 Å². The zero-order valence-corrected chi connectivity index (χ0v) is 10.9. The molecule has 0 fully saturated rings. The maximum Gasteiger partial charge on any atom is 0.237 e. The number of amides is 1. The first-order chi connectivity index (χ1) is 7.54. The monoisotopic (exact) mass is 280 g/mol. The molecule has 17 heavy (non-hydrogen) atoms. The Morgan fingerprint density at radius 1 is 1.59 bits per heavy atom. The minimum Gasteiger partial charge on any atom is -0.351 e. The van der Waals surface area contributed by atoms with Gasteiger partial charge in [-0.15, -0.1) is 12.4 Å². The zero-order chi connectivity index (χ0) is 12.1. The molecule has 96 valence electrons. The Hall–Kier alpha value is -0.840. The number of benzene rings is 1. The van der Waals surface area contributed by atoms with Crippen LogP contribution in [-0.2, 0) is 11.3 Å². The lowest BCUT2D eigenvalue weighted by Gasteiger charge is -2.10. The number of carbonyl (C=O) groups is 1. The highest BCUT2D eigenvalue weighted by atomic mass is 35.5. The SMILES string of the molecule is CC[C@H](N)C(=O)NCc1ccc(F)c(Cl)c1.Cl. The van der Waals surface area contributed by atoms with Gasteiger partial charge in [0.15, 0.2) is 0 Å². The standard InChI is InChI=1S/C11H14ClFN2O.ClH/c1-2-10(14)11(16)15-6-7-3-4-9(13)8(12)5-7;/h3-5,10H,2,6,14H2,1H3,(H,15,16);1H/t10-;/m0./s1. The van der Waals surface area contributed by atoms with E-state index in [1.165, 1.54) is 12.1 Å². The Labute approximate surface area is 111 Å². The van der Waals surface area contributed by atoms with Gasteiger partial charge in [0.2, 0.25) is 5.91 Å². The van der Waals surface area contributed by atoms with E-state index in [4.69, 9.17) is 17.3 Å². The Morgan fingerprint density at radius 3 is 2.76 bits per heavy atom. The second kappa shape index (κ2) is 7.48. The average Bonchev–Trinajstić information content (AvgIpc) is 2.29. The molecule has 0 radical (unpaired) electrons. The van der Waals surface area contributed by atoms with Gasteiger partial charge in [0, 0.05) is 6.54 Å². The fraction of sp³-hybridized carbons (Fsp3) is 0.364. The maximum absolute atomic E-state index is 12.8.